The Kier molecular flexibility index (Phi) is 7.60. The molecule has 106 valence electrons. The molecule has 0 N–H and O–H groups in total. The van der Waals surface area contributed by atoms with E-state index in [1.807, 2.05) is 0 Å². The molecule has 0 saturated heterocycles. The van der Waals surface area contributed by atoms with Crippen molar-refractivity contribution in [1.82, 2.24) is 0 Å². The van der Waals surface area contributed by atoms with Crippen LogP contribution in [0.15, 0.2) is 30.3 Å². The van der Waals surface area contributed by atoms with Crippen LogP contribution < -0.4 is 34.9 Å². The van der Waals surface area contributed by atoms with Gasteiger partial charge < -0.3 is 1.43 Å². The first-order valence-electron chi connectivity index (χ1n) is 8.28. The Labute approximate surface area is 149 Å². The molecule has 0 heterocycles. The van der Waals surface area contributed by atoms with Gasteiger partial charge >= 0.3 is 29.6 Å². The molecule has 0 aliphatic heterocycles. The van der Waals surface area contributed by atoms with Crippen LogP contribution in [0, 0.1) is 0 Å². The molecular weight excluding hydrogens is 270 g/mol. The molecule has 3 rings (SSSR count). The van der Waals surface area contributed by atoms with Gasteiger partial charge in [-0.1, -0.05) is 76.8 Å². The van der Waals surface area contributed by atoms with Crippen molar-refractivity contribution < 1.29 is 31.0 Å². The monoisotopic (exact) mass is 298 g/mol. The summed E-state index contributed by atoms with van der Waals surface area (Å²) in [5.41, 5.74) is 2.07. The third-order valence-electron chi connectivity index (χ3n) is 4.99. The third-order valence-corrected chi connectivity index (χ3v) is 8.49. The normalized spacial score (nSPS) is 21.6. The second-order valence-electron chi connectivity index (χ2n) is 6.33. The van der Waals surface area contributed by atoms with Crippen LogP contribution in [0.5, 0.6) is 0 Å². The fraction of sp³-hybridized carbons (Fsp3) is 0.667. The van der Waals surface area contributed by atoms with Gasteiger partial charge in [0.15, 0.2) is 0 Å². The molecule has 2 fully saturated rings. The van der Waals surface area contributed by atoms with Crippen molar-refractivity contribution in [3.63, 3.8) is 0 Å². The van der Waals surface area contributed by atoms with Crippen LogP contribution >= 0.6 is 7.92 Å². The van der Waals surface area contributed by atoms with E-state index in [1.165, 1.54) is 64.2 Å². The van der Waals surface area contributed by atoms with Crippen LogP contribution in [0.3, 0.4) is 0 Å². The SMILES string of the molecule is [H-].[Na+].c1ccc(P(C2CCCCC2)C2CCCCC2)cc1. The van der Waals surface area contributed by atoms with Crippen molar-refractivity contribution in [2.75, 3.05) is 0 Å². The smallest absolute Gasteiger partial charge is 1.00 e. The average Bonchev–Trinajstić information content (AvgIpc) is 2.51. The molecule has 0 radical (unpaired) electrons. The van der Waals surface area contributed by atoms with Gasteiger partial charge in [-0.15, -0.1) is 0 Å². The molecule has 0 nitrogen and oxygen atoms in total. The fourth-order valence-corrected chi connectivity index (χ4v) is 7.84. The molecule has 2 aliphatic rings. The van der Waals surface area contributed by atoms with Gasteiger partial charge in [0, 0.05) is 0 Å². The van der Waals surface area contributed by atoms with Crippen LogP contribution in [0.2, 0.25) is 0 Å². The molecule has 0 atom stereocenters. The quantitative estimate of drug-likeness (QED) is 0.594. The average molecular weight is 298 g/mol. The molecule has 2 aliphatic carbocycles. The second-order valence-corrected chi connectivity index (χ2v) is 9.12. The molecule has 0 spiro atoms. The first-order chi connectivity index (χ1) is 9.45. The zero-order valence-electron chi connectivity index (χ0n) is 14.1. The molecule has 1 aromatic carbocycles. The Morgan fingerprint density at radius 2 is 1.15 bits per heavy atom. The van der Waals surface area contributed by atoms with Gasteiger partial charge in [-0.2, -0.15) is 0 Å². The number of rotatable bonds is 3. The van der Waals surface area contributed by atoms with Gasteiger partial charge in [-0.25, -0.2) is 0 Å². The van der Waals surface area contributed by atoms with Gasteiger partial charge in [0.2, 0.25) is 0 Å². The van der Waals surface area contributed by atoms with Crippen molar-refractivity contribution >= 4 is 13.2 Å². The van der Waals surface area contributed by atoms with E-state index in [1.54, 1.807) is 5.30 Å². The van der Waals surface area contributed by atoms with Crippen LogP contribution in [0.25, 0.3) is 0 Å². The minimum absolute atomic E-state index is 0. The Hall–Kier alpha value is 0.650. The molecule has 2 saturated carbocycles. The van der Waals surface area contributed by atoms with E-state index in [9.17, 15) is 0 Å². The zero-order chi connectivity index (χ0) is 12.9. The summed E-state index contributed by atoms with van der Waals surface area (Å²) in [6.07, 6.45) is 15.0. The molecule has 0 bridgehead atoms. The summed E-state index contributed by atoms with van der Waals surface area (Å²) in [5, 5.41) is 1.70. The third kappa shape index (κ3) is 4.33. The predicted molar refractivity (Wildman–Crippen MR) is 87.9 cm³/mol. The summed E-state index contributed by atoms with van der Waals surface area (Å²) < 4.78 is 0. The van der Waals surface area contributed by atoms with E-state index in [0.717, 1.165) is 11.3 Å². The van der Waals surface area contributed by atoms with Gasteiger partial charge in [0.25, 0.3) is 0 Å². The minimum Gasteiger partial charge on any atom is -1.00 e. The van der Waals surface area contributed by atoms with Crippen LogP contribution in [-0.4, -0.2) is 11.3 Å². The zero-order valence-corrected chi connectivity index (χ0v) is 16.0. The second kappa shape index (κ2) is 8.94. The van der Waals surface area contributed by atoms with Gasteiger partial charge in [0.05, 0.1) is 0 Å². The van der Waals surface area contributed by atoms with E-state index in [2.05, 4.69) is 30.3 Å². The van der Waals surface area contributed by atoms with E-state index < -0.39 is 0 Å². The summed E-state index contributed by atoms with van der Waals surface area (Å²) in [5.74, 6) is 0. The summed E-state index contributed by atoms with van der Waals surface area (Å²) in [6.45, 7) is 0. The number of hydrogen-bond acceptors (Lipinski definition) is 0. The standard InChI is InChI=1S/C18H27P.Na.H/c1-4-10-16(11-5-1)19(17-12-6-2-7-13-17)18-14-8-3-9-15-18;;/h1,4-5,10-11,17-18H,2-3,6-9,12-15H2;;/q;+1;-1. The van der Waals surface area contributed by atoms with Crippen molar-refractivity contribution in [3.05, 3.63) is 30.3 Å². The van der Waals surface area contributed by atoms with Gasteiger partial charge in [-0.3, -0.25) is 0 Å². The molecule has 1 aromatic rings. The first-order valence-corrected chi connectivity index (χ1v) is 9.76. The van der Waals surface area contributed by atoms with E-state index in [0.29, 0.717) is 0 Å². The van der Waals surface area contributed by atoms with Crippen molar-refractivity contribution in [1.29, 1.82) is 0 Å². The summed E-state index contributed by atoms with van der Waals surface area (Å²) >= 11 is 0. The largest absolute Gasteiger partial charge is 1.00 e. The van der Waals surface area contributed by atoms with Crippen LogP contribution in [-0.2, 0) is 0 Å². The van der Waals surface area contributed by atoms with Crippen molar-refractivity contribution in [2.45, 2.75) is 75.5 Å². The Bertz CT molecular complexity index is 354. The van der Waals surface area contributed by atoms with Crippen LogP contribution in [0.1, 0.15) is 65.6 Å². The van der Waals surface area contributed by atoms with Crippen LogP contribution in [0.4, 0.5) is 0 Å². The van der Waals surface area contributed by atoms with Gasteiger partial charge in [-0.05, 0) is 42.3 Å². The minimum atomic E-state index is 0. The first kappa shape index (κ1) is 17.0. The predicted octanol–water partition coefficient (Wildman–Crippen LogP) is 2.58. The van der Waals surface area contributed by atoms with Gasteiger partial charge in [0.1, 0.15) is 0 Å². The molecule has 0 aromatic heterocycles. The van der Waals surface area contributed by atoms with Crippen molar-refractivity contribution in [3.8, 4) is 0 Å². The van der Waals surface area contributed by atoms with E-state index in [4.69, 9.17) is 0 Å². The Balaban J connectivity index is 0.00000110. The fourth-order valence-electron chi connectivity index (χ4n) is 4.04. The maximum absolute atomic E-state index is 2.43. The summed E-state index contributed by atoms with van der Waals surface area (Å²) in [4.78, 5) is 0. The Morgan fingerprint density at radius 3 is 1.60 bits per heavy atom. The van der Waals surface area contributed by atoms with E-state index >= 15 is 0 Å². The number of benzene rings is 1. The maximum atomic E-state index is 2.43. The topological polar surface area (TPSA) is 0 Å². The summed E-state index contributed by atoms with van der Waals surface area (Å²) in [7, 11) is 0.108. The van der Waals surface area contributed by atoms with E-state index in [-0.39, 0.29) is 38.9 Å². The Morgan fingerprint density at radius 1 is 0.700 bits per heavy atom. The van der Waals surface area contributed by atoms with Crippen molar-refractivity contribution in [2.24, 2.45) is 0 Å². The number of hydrogen-bond donors (Lipinski definition) is 0. The molecule has 0 unspecified atom stereocenters. The molecule has 0 amide bonds. The summed E-state index contributed by atoms with van der Waals surface area (Å²) in [6, 6.07) is 11.6. The molecule has 2 heteroatoms. The molecular formula is C18H28NaP. The maximum Gasteiger partial charge on any atom is 1.00 e. The molecule has 20 heavy (non-hydrogen) atoms.